The van der Waals surface area contributed by atoms with Crippen LogP contribution in [-0.4, -0.2) is 25.3 Å². The average molecular weight is 351 g/mol. The predicted octanol–water partition coefficient (Wildman–Crippen LogP) is 1.49. The second kappa shape index (κ2) is 6.74. The van der Waals surface area contributed by atoms with Crippen molar-refractivity contribution in [2.24, 2.45) is 0 Å². The number of amides is 1. The zero-order valence-corrected chi connectivity index (χ0v) is 13.1. The molecular formula is C14H14AsNO5. The summed E-state index contributed by atoms with van der Waals surface area (Å²) in [5.41, 5.74) is 3.34. The van der Waals surface area contributed by atoms with Gasteiger partial charge in [-0.25, -0.2) is 0 Å². The van der Waals surface area contributed by atoms with Crippen molar-refractivity contribution in [2.45, 2.75) is 6.92 Å². The number of nitrogens with one attached hydrogen (secondary N) is 1. The van der Waals surface area contributed by atoms with E-state index in [9.17, 15) is 8.53 Å². The van der Waals surface area contributed by atoms with Crippen molar-refractivity contribution in [3.8, 4) is 11.1 Å². The molecule has 6 nitrogen and oxygen atoms in total. The molecule has 1 atom stereocenters. The first-order valence-corrected chi connectivity index (χ1v) is 9.34. The first-order valence-electron chi connectivity index (χ1n) is 6.10. The quantitative estimate of drug-likeness (QED) is 0.484. The molecule has 0 saturated carbocycles. The van der Waals surface area contributed by atoms with Crippen LogP contribution in [0.25, 0.3) is 11.1 Å². The van der Waals surface area contributed by atoms with E-state index in [2.05, 4.69) is 3.88 Å². The monoisotopic (exact) mass is 351 g/mol. The zero-order chi connectivity index (χ0) is 15.3. The van der Waals surface area contributed by atoms with Crippen LogP contribution in [0.15, 0.2) is 54.6 Å². The first kappa shape index (κ1) is 15.5. The van der Waals surface area contributed by atoms with Gasteiger partial charge in [0.25, 0.3) is 0 Å². The van der Waals surface area contributed by atoms with E-state index in [0.717, 1.165) is 5.56 Å². The van der Waals surface area contributed by atoms with Gasteiger partial charge < -0.3 is 0 Å². The van der Waals surface area contributed by atoms with Gasteiger partial charge in [0.2, 0.25) is 0 Å². The number of hydrogen-bond acceptors (Lipinski definition) is 5. The van der Waals surface area contributed by atoms with Crippen molar-refractivity contribution >= 4 is 24.4 Å². The zero-order valence-electron chi connectivity index (χ0n) is 11.2. The van der Waals surface area contributed by atoms with Crippen LogP contribution in [0.4, 0.5) is 0 Å². The molecule has 1 unspecified atom stereocenters. The van der Waals surface area contributed by atoms with E-state index < -0.39 is 20.1 Å². The number of carbonyl (C=O) groups excluding carboxylic acids is 1. The van der Waals surface area contributed by atoms with Gasteiger partial charge in [0.15, 0.2) is 0 Å². The Labute approximate surface area is 124 Å². The summed E-state index contributed by atoms with van der Waals surface area (Å²) in [6, 6.07) is 15.8. The third-order valence-corrected chi connectivity index (χ3v) is 5.90. The molecule has 0 fully saturated rings. The van der Waals surface area contributed by atoms with Gasteiger partial charge in [0, 0.05) is 0 Å². The van der Waals surface area contributed by atoms with E-state index in [1.165, 1.54) is 13.0 Å². The molecule has 0 heterocycles. The molecule has 2 aromatic carbocycles. The summed E-state index contributed by atoms with van der Waals surface area (Å²) >= 11 is -4.81. The van der Waals surface area contributed by atoms with Crippen LogP contribution in [0.3, 0.4) is 0 Å². The van der Waals surface area contributed by atoms with Gasteiger partial charge in [-0.05, 0) is 0 Å². The van der Waals surface area contributed by atoms with Crippen LogP contribution in [0.1, 0.15) is 6.92 Å². The van der Waals surface area contributed by atoms with Crippen LogP contribution in [0, 0.1) is 0 Å². The van der Waals surface area contributed by atoms with Crippen LogP contribution < -0.4 is 9.83 Å². The van der Waals surface area contributed by atoms with Gasteiger partial charge in [-0.2, -0.15) is 0 Å². The van der Waals surface area contributed by atoms with E-state index in [0.29, 0.717) is 5.56 Å². The minimum atomic E-state index is -4.81. The molecule has 2 rings (SSSR count). The Kier molecular flexibility index (Phi) is 4.98. The van der Waals surface area contributed by atoms with Crippen LogP contribution in [0.5, 0.6) is 0 Å². The number of hydroxylamine groups is 1. The van der Waals surface area contributed by atoms with Crippen LogP contribution >= 0.6 is 0 Å². The molecule has 0 aliphatic heterocycles. The van der Waals surface area contributed by atoms with Gasteiger partial charge in [-0.15, -0.1) is 0 Å². The van der Waals surface area contributed by atoms with Crippen molar-refractivity contribution in [1.82, 2.24) is 5.48 Å². The van der Waals surface area contributed by atoms with Crippen molar-refractivity contribution in [2.75, 3.05) is 0 Å². The fourth-order valence-electron chi connectivity index (χ4n) is 1.81. The Morgan fingerprint density at radius 2 is 1.71 bits per heavy atom. The molecule has 0 aromatic heterocycles. The van der Waals surface area contributed by atoms with Gasteiger partial charge in [-0.3, -0.25) is 0 Å². The summed E-state index contributed by atoms with van der Waals surface area (Å²) in [5.74, 6) is -0.550. The molecule has 7 heteroatoms. The summed E-state index contributed by atoms with van der Waals surface area (Å²) in [7, 11) is 0. The Hall–Kier alpha value is -1.85. The normalized spacial score (nSPS) is 13.4. The molecule has 0 radical (unpaired) electrons. The van der Waals surface area contributed by atoms with E-state index in [4.69, 9.17) is 9.08 Å². The van der Waals surface area contributed by atoms with E-state index in [-0.39, 0.29) is 4.35 Å². The summed E-state index contributed by atoms with van der Waals surface area (Å²) in [4.78, 5) is 10.9. The predicted molar refractivity (Wildman–Crippen MR) is 76.6 cm³/mol. The Balaban J connectivity index is 2.48. The van der Waals surface area contributed by atoms with E-state index in [1.807, 2.05) is 35.8 Å². The number of hydrogen-bond donors (Lipinski definition) is 2. The van der Waals surface area contributed by atoms with Crippen LogP contribution in [-0.2, 0) is 16.2 Å². The van der Waals surface area contributed by atoms with Crippen LogP contribution in [0.2, 0.25) is 0 Å². The summed E-state index contributed by atoms with van der Waals surface area (Å²) in [6.45, 7) is 1.20. The van der Waals surface area contributed by atoms with Gasteiger partial charge >= 0.3 is 124 Å². The molecule has 110 valence electrons. The first-order chi connectivity index (χ1) is 10.1. The second-order valence-corrected chi connectivity index (χ2v) is 8.04. The second-order valence-electron chi connectivity index (χ2n) is 4.21. The third-order valence-electron chi connectivity index (χ3n) is 2.70. The standard InChI is InChI=1S/C14H14AsNO5/c1-11(17)16-20-15(18,21-19)14-10-6-5-9-13(14)12-7-3-2-4-8-12/h2-10,19H,1H3,(H,16,17). The molecule has 21 heavy (non-hydrogen) atoms. The summed E-state index contributed by atoms with van der Waals surface area (Å²) in [6.07, 6.45) is 0. The maximum atomic E-state index is 12.6. The molecular weight excluding hydrogens is 337 g/mol. The van der Waals surface area contributed by atoms with Crippen molar-refractivity contribution < 1.29 is 21.5 Å². The molecule has 0 spiro atoms. The molecule has 0 bridgehead atoms. The molecule has 2 N–H and O–H groups in total. The fourth-order valence-corrected chi connectivity index (χ4v) is 4.40. The Morgan fingerprint density at radius 3 is 2.33 bits per heavy atom. The van der Waals surface area contributed by atoms with Gasteiger partial charge in [0.1, 0.15) is 0 Å². The summed E-state index contributed by atoms with van der Waals surface area (Å²) in [5, 5.41) is 9.01. The number of rotatable bonds is 5. The molecule has 0 saturated heterocycles. The Bertz CT molecular complexity index is 674. The number of carbonyl (C=O) groups is 1. The maximum absolute atomic E-state index is 12.6. The molecule has 2 aromatic rings. The summed E-state index contributed by atoms with van der Waals surface area (Å²) < 4.78 is 21.8. The van der Waals surface area contributed by atoms with Gasteiger partial charge in [0.05, 0.1) is 0 Å². The van der Waals surface area contributed by atoms with Gasteiger partial charge in [-0.1, -0.05) is 0 Å². The van der Waals surface area contributed by atoms with Crippen molar-refractivity contribution in [3.05, 3.63) is 54.6 Å². The third kappa shape index (κ3) is 3.62. The fraction of sp³-hybridized carbons (Fsp3) is 0.0714. The molecule has 0 aliphatic carbocycles. The average Bonchev–Trinajstić information content (AvgIpc) is 2.53. The number of benzene rings is 2. The van der Waals surface area contributed by atoms with E-state index in [1.54, 1.807) is 18.2 Å². The Morgan fingerprint density at radius 1 is 1.10 bits per heavy atom. The molecule has 1 amide bonds. The van der Waals surface area contributed by atoms with Crippen molar-refractivity contribution in [1.29, 1.82) is 0 Å². The van der Waals surface area contributed by atoms with Crippen molar-refractivity contribution in [3.63, 3.8) is 0 Å². The van der Waals surface area contributed by atoms with E-state index >= 15 is 0 Å². The minimum absolute atomic E-state index is 0.207. The SMILES string of the molecule is CC(=O)NO[As](=O)(OO)c1ccccc1-c1ccccc1. The molecule has 0 aliphatic rings. The topological polar surface area (TPSA) is 84.9 Å².